The fraction of sp³-hybridized carbons (Fsp3) is 0.667. The van der Waals surface area contributed by atoms with E-state index < -0.39 is 5.97 Å². The van der Waals surface area contributed by atoms with E-state index in [1.807, 2.05) is 0 Å². The first-order chi connectivity index (χ1) is 3.31. The molecular formula is C3H6N2O2. The van der Waals surface area contributed by atoms with Crippen LogP contribution in [0.25, 0.3) is 0 Å². The van der Waals surface area contributed by atoms with Gasteiger partial charge in [0.1, 0.15) is 0 Å². The molecule has 0 aliphatic carbocycles. The van der Waals surface area contributed by atoms with Crippen molar-refractivity contribution in [2.75, 3.05) is 13.7 Å². The van der Waals surface area contributed by atoms with Gasteiger partial charge in [0.25, 0.3) is 0 Å². The lowest BCUT2D eigenvalue weighted by Gasteiger charge is -1.87. The van der Waals surface area contributed by atoms with Crippen LogP contribution in [-0.4, -0.2) is 19.6 Å². The van der Waals surface area contributed by atoms with Gasteiger partial charge in [-0.15, -0.1) is 0 Å². The summed E-state index contributed by atoms with van der Waals surface area (Å²) in [5.74, 6) is -0.477. The summed E-state index contributed by atoms with van der Waals surface area (Å²) in [5.41, 5.74) is 6.16. The molecule has 0 unspecified atom stereocenters. The molecule has 0 aromatic carbocycles. The van der Waals surface area contributed by atoms with E-state index in [2.05, 4.69) is 9.85 Å². The lowest BCUT2D eigenvalue weighted by Crippen LogP contribution is -2.02. The third kappa shape index (κ3) is 2.88. The summed E-state index contributed by atoms with van der Waals surface area (Å²) >= 11 is 0. The molecule has 0 aliphatic heterocycles. The summed E-state index contributed by atoms with van der Waals surface area (Å²) < 4.78 is 4.14. The Labute approximate surface area is 41.0 Å². The van der Waals surface area contributed by atoms with Crippen LogP contribution in [0.4, 0.5) is 0 Å². The van der Waals surface area contributed by atoms with Crippen molar-refractivity contribution in [2.24, 2.45) is 5.11 Å². The highest BCUT2D eigenvalue weighted by Crippen LogP contribution is 1.71. The van der Waals surface area contributed by atoms with E-state index in [0.717, 1.165) is 0 Å². The maximum atomic E-state index is 9.98. The molecule has 0 radical (unpaired) electrons. The number of carbonyl (C=O) groups is 1. The van der Waals surface area contributed by atoms with Crippen LogP contribution in [0.2, 0.25) is 0 Å². The van der Waals surface area contributed by atoms with Crippen molar-refractivity contribution < 1.29 is 9.53 Å². The number of carbonyl (C=O) groups excluding carboxylic acids is 1. The van der Waals surface area contributed by atoms with Gasteiger partial charge in [0.15, 0.2) is 6.54 Å². The fourth-order valence-corrected chi connectivity index (χ4v) is 0.129. The van der Waals surface area contributed by atoms with E-state index in [0.29, 0.717) is 0 Å². The third-order valence-electron chi connectivity index (χ3n) is 0.436. The maximum Gasteiger partial charge on any atom is 0.329 e. The average molecular weight is 102 g/mol. The SMILES string of the molecule is COC(=O)CN=N. The van der Waals surface area contributed by atoms with Gasteiger partial charge < -0.3 is 4.74 Å². The second kappa shape index (κ2) is 3.27. The lowest BCUT2D eigenvalue weighted by atomic mass is 10.7. The molecule has 0 bridgehead atoms. The Morgan fingerprint density at radius 2 is 2.57 bits per heavy atom. The van der Waals surface area contributed by atoms with E-state index in [9.17, 15) is 4.79 Å². The summed E-state index contributed by atoms with van der Waals surface area (Å²) in [5, 5.41) is 2.78. The van der Waals surface area contributed by atoms with Crippen molar-refractivity contribution in [2.45, 2.75) is 0 Å². The van der Waals surface area contributed by atoms with Crippen LogP contribution < -0.4 is 0 Å². The molecule has 0 spiro atoms. The zero-order chi connectivity index (χ0) is 5.70. The lowest BCUT2D eigenvalue weighted by molar-refractivity contribution is -0.138. The summed E-state index contributed by atoms with van der Waals surface area (Å²) in [6.07, 6.45) is 0. The van der Waals surface area contributed by atoms with Crippen molar-refractivity contribution in [1.82, 2.24) is 0 Å². The molecule has 7 heavy (non-hydrogen) atoms. The number of nitrogens with zero attached hydrogens (tertiary/aromatic N) is 1. The topological polar surface area (TPSA) is 62.5 Å². The molecule has 0 saturated heterocycles. The van der Waals surface area contributed by atoms with Gasteiger partial charge in [0, 0.05) is 0 Å². The van der Waals surface area contributed by atoms with Gasteiger partial charge >= 0.3 is 5.97 Å². The number of esters is 1. The van der Waals surface area contributed by atoms with E-state index in [1.54, 1.807) is 0 Å². The number of rotatable bonds is 2. The Balaban J connectivity index is 3.17. The highest BCUT2D eigenvalue weighted by atomic mass is 16.5. The zero-order valence-corrected chi connectivity index (χ0v) is 3.97. The number of methoxy groups -OCH3 is 1. The molecular weight excluding hydrogens is 96.0 g/mol. The monoisotopic (exact) mass is 102 g/mol. The Kier molecular flexibility index (Phi) is 2.83. The van der Waals surface area contributed by atoms with Crippen LogP contribution >= 0.6 is 0 Å². The van der Waals surface area contributed by atoms with E-state index >= 15 is 0 Å². The molecule has 0 fully saturated rings. The van der Waals surface area contributed by atoms with E-state index in [-0.39, 0.29) is 6.54 Å². The fourth-order valence-electron chi connectivity index (χ4n) is 0.129. The highest BCUT2D eigenvalue weighted by molar-refractivity contribution is 5.71. The standard InChI is InChI=1S/C3H6N2O2/c1-7-3(6)2-5-4/h4H,2H2,1H3. The molecule has 0 rings (SSSR count). The number of nitrogens with one attached hydrogen (secondary N) is 1. The third-order valence-corrected chi connectivity index (χ3v) is 0.436. The summed E-state index contributed by atoms with van der Waals surface area (Å²) in [4.78, 5) is 9.98. The number of ether oxygens (including phenoxy) is 1. The minimum Gasteiger partial charge on any atom is -0.468 e. The van der Waals surface area contributed by atoms with Crippen molar-refractivity contribution >= 4 is 5.97 Å². The van der Waals surface area contributed by atoms with Crippen LogP contribution in [0.5, 0.6) is 0 Å². The summed E-state index contributed by atoms with van der Waals surface area (Å²) in [6, 6.07) is 0. The van der Waals surface area contributed by atoms with Gasteiger partial charge in [-0.2, -0.15) is 5.11 Å². The number of hydrogen-bond donors (Lipinski definition) is 1. The van der Waals surface area contributed by atoms with Crippen molar-refractivity contribution in [1.29, 1.82) is 5.53 Å². The molecule has 1 N–H and O–H groups in total. The Morgan fingerprint density at radius 1 is 2.00 bits per heavy atom. The first-order valence-electron chi connectivity index (χ1n) is 1.71. The molecule has 0 aromatic rings. The van der Waals surface area contributed by atoms with Crippen molar-refractivity contribution in [3.05, 3.63) is 0 Å². The van der Waals surface area contributed by atoms with E-state index in [1.165, 1.54) is 7.11 Å². The molecule has 0 aliphatic rings. The molecule has 0 aromatic heterocycles. The van der Waals surface area contributed by atoms with Crippen molar-refractivity contribution in [3.63, 3.8) is 0 Å². The van der Waals surface area contributed by atoms with Crippen LogP contribution in [0.1, 0.15) is 0 Å². The molecule has 4 heteroatoms. The molecule has 0 saturated carbocycles. The molecule has 0 atom stereocenters. The average Bonchev–Trinajstić information content (AvgIpc) is 1.68. The minimum atomic E-state index is -0.477. The smallest absolute Gasteiger partial charge is 0.329 e. The Bertz CT molecular complexity index is 81.0. The van der Waals surface area contributed by atoms with Crippen LogP contribution in [-0.2, 0) is 9.53 Å². The minimum absolute atomic E-state index is 0.170. The first kappa shape index (κ1) is 6.07. The quantitative estimate of drug-likeness (QED) is 0.399. The predicted octanol–water partition coefficient (Wildman–Crippen LogP) is 0.190. The van der Waals surface area contributed by atoms with Crippen molar-refractivity contribution in [3.8, 4) is 0 Å². The van der Waals surface area contributed by atoms with Gasteiger partial charge in [-0.05, 0) is 0 Å². The van der Waals surface area contributed by atoms with Gasteiger partial charge in [0.2, 0.25) is 0 Å². The first-order valence-corrected chi connectivity index (χ1v) is 1.71. The molecule has 4 nitrogen and oxygen atoms in total. The number of hydrogen-bond acceptors (Lipinski definition) is 4. The maximum absolute atomic E-state index is 9.98. The summed E-state index contributed by atoms with van der Waals surface area (Å²) in [6.45, 7) is -0.170. The molecule has 0 amide bonds. The van der Waals surface area contributed by atoms with Gasteiger partial charge in [-0.1, -0.05) is 0 Å². The van der Waals surface area contributed by atoms with Gasteiger partial charge in [0.05, 0.1) is 7.11 Å². The second-order valence-corrected chi connectivity index (χ2v) is 0.892. The summed E-state index contributed by atoms with van der Waals surface area (Å²) in [7, 11) is 1.26. The normalized spacial score (nSPS) is 7.57. The predicted molar refractivity (Wildman–Crippen MR) is 22.0 cm³/mol. The van der Waals surface area contributed by atoms with Gasteiger partial charge in [-0.3, -0.25) is 0 Å². The second-order valence-electron chi connectivity index (χ2n) is 0.892. The Morgan fingerprint density at radius 3 is 2.71 bits per heavy atom. The van der Waals surface area contributed by atoms with Crippen LogP contribution in [0.15, 0.2) is 5.11 Å². The van der Waals surface area contributed by atoms with Gasteiger partial charge in [-0.25, -0.2) is 10.3 Å². The molecule has 40 valence electrons. The largest absolute Gasteiger partial charge is 0.468 e. The van der Waals surface area contributed by atoms with Crippen LogP contribution in [0, 0.1) is 5.53 Å². The Hall–Kier alpha value is -0.930. The highest BCUT2D eigenvalue weighted by Gasteiger charge is 1.92. The van der Waals surface area contributed by atoms with Crippen LogP contribution in [0.3, 0.4) is 0 Å². The zero-order valence-electron chi connectivity index (χ0n) is 3.97. The molecule has 0 heterocycles. The van der Waals surface area contributed by atoms with E-state index in [4.69, 9.17) is 5.53 Å².